The summed E-state index contributed by atoms with van der Waals surface area (Å²) < 4.78 is 22.3. The normalized spacial score (nSPS) is 20.3. The maximum Gasteiger partial charge on any atom is 0.251 e. The number of nitrogens with zero attached hydrogens (tertiary/aromatic N) is 1. The molecule has 0 aromatic heterocycles. The number of nitrogens with one attached hydrogen (secondary N) is 1. The highest BCUT2D eigenvalue weighted by Crippen LogP contribution is 2.09. The Hall–Kier alpha value is -2.13. The highest BCUT2D eigenvalue weighted by molar-refractivity contribution is 7.94. The minimum absolute atomic E-state index is 0.102. The first-order chi connectivity index (χ1) is 8.50. The first-order valence-corrected chi connectivity index (χ1v) is 6.94. The van der Waals surface area contributed by atoms with Crippen LogP contribution >= 0.6 is 0 Å². The van der Waals surface area contributed by atoms with Crippen LogP contribution in [-0.4, -0.2) is 26.1 Å². The highest BCUT2D eigenvalue weighted by Gasteiger charge is 2.23. The summed E-state index contributed by atoms with van der Waals surface area (Å²) in [7, 11) is -3.17. The van der Waals surface area contributed by atoms with Crippen LogP contribution in [0, 0.1) is 11.3 Å². The first-order valence-electron chi connectivity index (χ1n) is 5.22. The van der Waals surface area contributed by atoms with Crippen LogP contribution in [0.3, 0.4) is 0 Å². The van der Waals surface area contributed by atoms with Gasteiger partial charge in [-0.05, 0) is 30.3 Å². The third-order valence-corrected chi connectivity index (χ3v) is 3.92. The lowest BCUT2D eigenvalue weighted by molar-refractivity contribution is 0.0947. The molecule has 0 fully saturated rings. The third kappa shape index (κ3) is 2.76. The van der Waals surface area contributed by atoms with Gasteiger partial charge in [0, 0.05) is 11.0 Å². The molecule has 92 valence electrons. The molecule has 1 aromatic rings. The average molecular weight is 262 g/mol. The van der Waals surface area contributed by atoms with Crippen LogP contribution in [0.15, 0.2) is 35.7 Å². The van der Waals surface area contributed by atoms with Gasteiger partial charge in [-0.3, -0.25) is 4.79 Å². The number of hydrogen-bond acceptors (Lipinski definition) is 4. The van der Waals surface area contributed by atoms with Crippen LogP contribution < -0.4 is 5.32 Å². The predicted molar refractivity (Wildman–Crippen MR) is 65.3 cm³/mol. The summed E-state index contributed by atoms with van der Waals surface area (Å²) >= 11 is 0. The molecule has 0 saturated heterocycles. The van der Waals surface area contributed by atoms with Gasteiger partial charge in [-0.1, -0.05) is 0 Å². The van der Waals surface area contributed by atoms with Crippen molar-refractivity contribution in [3.05, 3.63) is 46.9 Å². The molecule has 1 aliphatic heterocycles. The summed E-state index contributed by atoms with van der Waals surface area (Å²) in [6.07, 6.45) is 1.46. The van der Waals surface area contributed by atoms with Gasteiger partial charge in [-0.2, -0.15) is 5.26 Å². The van der Waals surface area contributed by atoms with Crippen molar-refractivity contribution in [2.24, 2.45) is 0 Å². The van der Waals surface area contributed by atoms with E-state index in [1.807, 2.05) is 6.07 Å². The molecule has 0 spiro atoms. The molecular formula is C12H10N2O3S. The van der Waals surface area contributed by atoms with Crippen molar-refractivity contribution in [2.45, 2.75) is 6.04 Å². The molecule has 1 aromatic carbocycles. The summed E-state index contributed by atoms with van der Waals surface area (Å²) in [4.78, 5) is 11.8. The number of hydrogen-bond donors (Lipinski definition) is 1. The standard InChI is InChI=1S/C12H10N2O3S/c13-7-9-1-3-10(4-2-9)12(15)14-11-5-6-18(16,17)8-11/h1-6,11H,8H2,(H,14,15). The molecule has 1 amide bonds. The Morgan fingerprint density at radius 3 is 2.50 bits per heavy atom. The van der Waals surface area contributed by atoms with Gasteiger partial charge in [0.25, 0.3) is 5.91 Å². The monoisotopic (exact) mass is 262 g/mol. The Kier molecular flexibility index (Phi) is 3.17. The van der Waals surface area contributed by atoms with Gasteiger partial charge in [0.05, 0.1) is 23.4 Å². The van der Waals surface area contributed by atoms with E-state index in [1.165, 1.54) is 30.3 Å². The van der Waals surface area contributed by atoms with Crippen LogP contribution in [0.25, 0.3) is 0 Å². The Morgan fingerprint density at radius 1 is 1.33 bits per heavy atom. The summed E-state index contributed by atoms with van der Waals surface area (Å²) in [6.45, 7) is 0. The van der Waals surface area contributed by atoms with E-state index in [4.69, 9.17) is 5.26 Å². The maximum atomic E-state index is 11.8. The van der Waals surface area contributed by atoms with E-state index >= 15 is 0 Å². The quantitative estimate of drug-likeness (QED) is 0.845. The molecule has 1 unspecified atom stereocenters. The minimum atomic E-state index is -3.17. The minimum Gasteiger partial charge on any atom is -0.345 e. The van der Waals surface area contributed by atoms with Gasteiger partial charge in [-0.15, -0.1) is 0 Å². The van der Waals surface area contributed by atoms with Gasteiger partial charge in [0.2, 0.25) is 0 Å². The zero-order valence-electron chi connectivity index (χ0n) is 9.33. The Bertz CT molecular complexity index is 639. The van der Waals surface area contributed by atoms with Crippen LogP contribution in [-0.2, 0) is 9.84 Å². The molecule has 1 heterocycles. The summed E-state index contributed by atoms with van der Waals surface area (Å²) in [5.41, 5.74) is 0.863. The summed E-state index contributed by atoms with van der Waals surface area (Å²) in [6, 6.07) is 7.60. The number of carbonyl (C=O) groups excluding carboxylic acids is 1. The number of nitriles is 1. The van der Waals surface area contributed by atoms with E-state index in [-0.39, 0.29) is 11.7 Å². The van der Waals surface area contributed by atoms with Crippen molar-refractivity contribution in [2.75, 3.05) is 5.75 Å². The zero-order valence-corrected chi connectivity index (χ0v) is 10.1. The summed E-state index contributed by atoms with van der Waals surface area (Å²) in [5.74, 6) is -0.457. The van der Waals surface area contributed by atoms with Crippen molar-refractivity contribution in [1.82, 2.24) is 5.32 Å². The second-order valence-electron chi connectivity index (χ2n) is 3.93. The highest BCUT2D eigenvalue weighted by atomic mass is 32.2. The van der Waals surface area contributed by atoms with Crippen LogP contribution in [0.4, 0.5) is 0 Å². The number of sulfone groups is 1. The molecule has 1 atom stereocenters. The predicted octanol–water partition coefficient (Wildman–Crippen LogP) is 0.599. The molecule has 0 aliphatic carbocycles. The van der Waals surface area contributed by atoms with Crippen molar-refractivity contribution in [1.29, 1.82) is 5.26 Å². The summed E-state index contributed by atoms with van der Waals surface area (Å²) in [5, 5.41) is 12.3. The second-order valence-corrected chi connectivity index (χ2v) is 5.86. The fourth-order valence-electron chi connectivity index (χ4n) is 1.61. The first kappa shape index (κ1) is 12.3. The van der Waals surface area contributed by atoms with Gasteiger partial charge in [-0.25, -0.2) is 8.42 Å². The largest absolute Gasteiger partial charge is 0.345 e. The van der Waals surface area contributed by atoms with Gasteiger partial charge < -0.3 is 5.32 Å². The third-order valence-electron chi connectivity index (χ3n) is 2.52. The fraction of sp³-hybridized carbons (Fsp3) is 0.167. The SMILES string of the molecule is N#Cc1ccc(C(=O)NC2C=CS(=O)(=O)C2)cc1. The molecule has 5 nitrogen and oxygen atoms in total. The lowest BCUT2D eigenvalue weighted by atomic mass is 10.1. The second kappa shape index (κ2) is 4.63. The number of benzene rings is 1. The Morgan fingerprint density at radius 2 is 2.00 bits per heavy atom. The van der Waals surface area contributed by atoms with E-state index in [1.54, 1.807) is 0 Å². The van der Waals surface area contributed by atoms with Crippen LogP contribution in [0.1, 0.15) is 15.9 Å². The van der Waals surface area contributed by atoms with Gasteiger partial charge in [0.15, 0.2) is 9.84 Å². The molecule has 0 bridgehead atoms. The molecular weight excluding hydrogens is 252 g/mol. The van der Waals surface area contributed by atoms with E-state index in [2.05, 4.69) is 5.32 Å². The lowest BCUT2D eigenvalue weighted by Crippen LogP contribution is -2.35. The van der Waals surface area contributed by atoms with Crippen LogP contribution in [0.2, 0.25) is 0 Å². The van der Waals surface area contributed by atoms with Crippen molar-refractivity contribution in [3.63, 3.8) is 0 Å². The molecule has 18 heavy (non-hydrogen) atoms. The molecule has 0 radical (unpaired) electrons. The Labute approximate surface area is 105 Å². The van der Waals surface area contributed by atoms with Crippen molar-refractivity contribution in [3.8, 4) is 6.07 Å². The zero-order chi connectivity index (χ0) is 13.2. The lowest BCUT2D eigenvalue weighted by Gasteiger charge is -2.09. The molecule has 2 rings (SSSR count). The molecule has 1 N–H and O–H groups in total. The van der Waals surface area contributed by atoms with E-state index in [0.29, 0.717) is 11.1 Å². The molecule has 6 heteroatoms. The van der Waals surface area contributed by atoms with Gasteiger partial charge >= 0.3 is 0 Å². The smallest absolute Gasteiger partial charge is 0.251 e. The van der Waals surface area contributed by atoms with Crippen molar-refractivity contribution < 1.29 is 13.2 Å². The fourth-order valence-corrected chi connectivity index (χ4v) is 2.85. The topological polar surface area (TPSA) is 87.0 Å². The van der Waals surface area contributed by atoms with E-state index in [9.17, 15) is 13.2 Å². The molecule has 0 saturated carbocycles. The van der Waals surface area contributed by atoms with E-state index in [0.717, 1.165) is 5.41 Å². The molecule has 1 aliphatic rings. The number of carbonyl (C=O) groups is 1. The van der Waals surface area contributed by atoms with Crippen LogP contribution in [0.5, 0.6) is 0 Å². The Balaban J connectivity index is 2.05. The van der Waals surface area contributed by atoms with Gasteiger partial charge in [0.1, 0.15) is 0 Å². The average Bonchev–Trinajstić information content (AvgIpc) is 2.68. The van der Waals surface area contributed by atoms with Crippen molar-refractivity contribution >= 4 is 15.7 Å². The number of rotatable bonds is 2. The van der Waals surface area contributed by atoms with E-state index < -0.39 is 15.9 Å². The maximum absolute atomic E-state index is 11.8. The number of amides is 1.